The van der Waals surface area contributed by atoms with Crippen LogP contribution in [0.3, 0.4) is 0 Å². The smallest absolute Gasteiger partial charge is 0.0700 e. The Morgan fingerprint density at radius 2 is 2.39 bits per heavy atom. The normalized spacial score (nSPS) is 21.2. The molecule has 0 aliphatic carbocycles. The molecule has 0 aromatic heterocycles. The zero-order chi connectivity index (χ0) is 13.0. The third kappa shape index (κ3) is 3.54. The maximum absolute atomic E-state index is 9.50. The molecule has 2 unspecified atom stereocenters. The van der Waals surface area contributed by atoms with Crippen molar-refractivity contribution in [3.63, 3.8) is 0 Å². The van der Waals surface area contributed by atoms with E-state index >= 15 is 0 Å². The lowest BCUT2D eigenvalue weighted by atomic mass is 10.0. The van der Waals surface area contributed by atoms with E-state index in [1.165, 1.54) is 5.56 Å². The lowest BCUT2D eigenvalue weighted by molar-refractivity contribution is 0.104. The molecule has 1 aromatic rings. The van der Waals surface area contributed by atoms with Gasteiger partial charge in [0, 0.05) is 17.6 Å². The predicted octanol–water partition coefficient (Wildman–Crippen LogP) is 2.56. The van der Waals surface area contributed by atoms with Crippen molar-refractivity contribution >= 4 is 15.9 Å². The van der Waals surface area contributed by atoms with Crippen molar-refractivity contribution in [2.24, 2.45) is 0 Å². The molecule has 2 N–H and O–H groups in total. The Labute approximate surface area is 117 Å². The van der Waals surface area contributed by atoms with Gasteiger partial charge in [0.1, 0.15) is 0 Å². The Morgan fingerprint density at radius 1 is 1.56 bits per heavy atom. The van der Waals surface area contributed by atoms with Crippen LogP contribution in [-0.2, 0) is 4.74 Å². The standard InChI is InChI=1S/C14H20BrNO2/c1-10-7-11(4-5-13(10)15)14(9-17)16-8-12-3-2-6-18-12/h4-5,7,12,14,16-17H,2-3,6,8-9H2,1H3. The van der Waals surface area contributed by atoms with Crippen molar-refractivity contribution < 1.29 is 9.84 Å². The zero-order valence-electron chi connectivity index (χ0n) is 10.7. The van der Waals surface area contributed by atoms with E-state index in [1.807, 2.05) is 12.1 Å². The van der Waals surface area contributed by atoms with Gasteiger partial charge in [0.2, 0.25) is 0 Å². The first-order valence-electron chi connectivity index (χ1n) is 6.42. The fourth-order valence-corrected chi connectivity index (χ4v) is 2.50. The number of ether oxygens (including phenoxy) is 1. The highest BCUT2D eigenvalue weighted by molar-refractivity contribution is 9.10. The molecule has 1 aliphatic heterocycles. The van der Waals surface area contributed by atoms with Crippen LogP contribution >= 0.6 is 15.9 Å². The lowest BCUT2D eigenvalue weighted by Crippen LogP contribution is -2.32. The third-order valence-corrected chi connectivity index (χ3v) is 4.27. The van der Waals surface area contributed by atoms with Crippen molar-refractivity contribution in [3.8, 4) is 0 Å². The molecule has 1 fully saturated rings. The molecule has 0 amide bonds. The molecule has 1 saturated heterocycles. The molecule has 0 spiro atoms. The summed E-state index contributed by atoms with van der Waals surface area (Å²) in [7, 11) is 0. The number of aliphatic hydroxyl groups is 1. The van der Waals surface area contributed by atoms with Crippen molar-refractivity contribution in [1.82, 2.24) is 5.32 Å². The summed E-state index contributed by atoms with van der Waals surface area (Å²) >= 11 is 3.49. The molecule has 18 heavy (non-hydrogen) atoms. The lowest BCUT2D eigenvalue weighted by Gasteiger charge is -2.20. The van der Waals surface area contributed by atoms with E-state index in [4.69, 9.17) is 4.74 Å². The van der Waals surface area contributed by atoms with Crippen molar-refractivity contribution in [1.29, 1.82) is 0 Å². The highest BCUT2D eigenvalue weighted by Crippen LogP contribution is 2.21. The van der Waals surface area contributed by atoms with Crippen LogP contribution in [0.5, 0.6) is 0 Å². The summed E-state index contributed by atoms with van der Waals surface area (Å²) in [6.07, 6.45) is 2.56. The van der Waals surface area contributed by atoms with Crippen LogP contribution < -0.4 is 5.32 Å². The second kappa shape index (κ2) is 6.66. The molecular weight excluding hydrogens is 294 g/mol. The molecule has 4 heteroatoms. The average Bonchev–Trinajstić information content (AvgIpc) is 2.87. The van der Waals surface area contributed by atoms with Gasteiger partial charge in [-0.3, -0.25) is 0 Å². The predicted molar refractivity (Wildman–Crippen MR) is 75.7 cm³/mol. The molecular formula is C14H20BrNO2. The molecule has 3 nitrogen and oxygen atoms in total. The SMILES string of the molecule is Cc1cc(C(CO)NCC2CCCO2)ccc1Br. The number of halogens is 1. The van der Waals surface area contributed by atoms with E-state index in [-0.39, 0.29) is 12.6 Å². The van der Waals surface area contributed by atoms with Gasteiger partial charge in [-0.25, -0.2) is 0 Å². The highest BCUT2D eigenvalue weighted by Gasteiger charge is 2.18. The average molecular weight is 314 g/mol. The minimum absolute atomic E-state index is 0.0130. The van der Waals surface area contributed by atoms with E-state index in [0.29, 0.717) is 6.10 Å². The van der Waals surface area contributed by atoms with E-state index in [0.717, 1.165) is 36.0 Å². The topological polar surface area (TPSA) is 41.5 Å². The van der Waals surface area contributed by atoms with Gasteiger partial charge in [-0.2, -0.15) is 0 Å². The van der Waals surface area contributed by atoms with Gasteiger partial charge in [-0.1, -0.05) is 28.1 Å². The first kappa shape index (κ1) is 14.0. The number of hydrogen-bond acceptors (Lipinski definition) is 3. The summed E-state index contributed by atoms with van der Waals surface area (Å²) in [6.45, 7) is 3.84. The Hall–Kier alpha value is -0.420. The molecule has 1 heterocycles. The fourth-order valence-electron chi connectivity index (χ4n) is 2.25. The molecule has 0 saturated carbocycles. The number of aliphatic hydroxyl groups excluding tert-OH is 1. The van der Waals surface area contributed by atoms with Gasteiger partial charge in [0.25, 0.3) is 0 Å². The zero-order valence-corrected chi connectivity index (χ0v) is 12.2. The molecule has 1 aromatic carbocycles. The molecule has 1 aliphatic rings. The largest absolute Gasteiger partial charge is 0.394 e. The molecule has 2 atom stereocenters. The van der Waals surface area contributed by atoms with Crippen molar-refractivity contribution in [3.05, 3.63) is 33.8 Å². The molecule has 100 valence electrons. The van der Waals surface area contributed by atoms with Crippen LogP contribution in [0.1, 0.15) is 30.0 Å². The van der Waals surface area contributed by atoms with Crippen LogP contribution in [0.4, 0.5) is 0 Å². The Kier molecular flexibility index (Phi) is 5.18. The summed E-state index contributed by atoms with van der Waals surface area (Å²) in [5.41, 5.74) is 2.31. The number of hydrogen-bond donors (Lipinski definition) is 2. The van der Waals surface area contributed by atoms with Gasteiger partial charge in [0.05, 0.1) is 18.8 Å². The van der Waals surface area contributed by atoms with Gasteiger partial charge in [0.15, 0.2) is 0 Å². The quantitative estimate of drug-likeness (QED) is 0.878. The Balaban J connectivity index is 1.96. The van der Waals surface area contributed by atoms with Crippen LogP contribution in [0.15, 0.2) is 22.7 Å². The number of aryl methyl sites for hydroxylation is 1. The van der Waals surface area contributed by atoms with E-state index in [2.05, 4.69) is 34.2 Å². The minimum Gasteiger partial charge on any atom is -0.394 e. The summed E-state index contributed by atoms with van der Waals surface area (Å²) in [6, 6.07) is 6.16. The Morgan fingerprint density at radius 3 is 3.00 bits per heavy atom. The van der Waals surface area contributed by atoms with E-state index < -0.39 is 0 Å². The van der Waals surface area contributed by atoms with Gasteiger partial charge in [-0.05, 0) is 37.0 Å². The summed E-state index contributed by atoms with van der Waals surface area (Å²) < 4.78 is 6.67. The first-order valence-corrected chi connectivity index (χ1v) is 7.22. The number of rotatable bonds is 5. The van der Waals surface area contributed by atoms with E-state index in [1.54, 1.807) is 0 Å². The summed E-state index contributed by atoms with van der Waals surface area (Å²) in [5, 5.41) is 12.9. The molecule has 0 bridgehead atoms. The second-order valence-electron chi connectivity index (χ2n) is 4.79. The van der Waals surface area contributed by atoms with Crippen LogP contribution in [0, 0.1) is 6.92 Å². The van der Waals surface area contributed by atoms with Gasteiger partial charge >= 0.3 is 0 Å². The van der Waals surface area contributed by atoms with Crippen LogP contribution in [-0.4, -0.2) is 31.0 Å². The maximum atomic E-state index is 9.50. The van der Waals surface area contributed by atoms with Crippen molar-refractivity contribution in [2.45, 2.75) is 31.9 Å². The third-order valence-electron chi connectivity index (χ3n) is 3.38. The van der Waals surface area contributed by atoms with E-state index in [9.17, 15) is 5.11 Å². The molecule has 2 rings (SSSR count). The highest BCUT2D eigenvalue weighted by atomic mass is 79.9. The van der Waals surface area contributed by atoms with Crippen LogP contribution in [0.2, 0.25) is 0 Å². The van der Waals surface area contributed by atoms with Crippen LogP contribution in [0.25, 0.3) is 0 Å². The monoisotopic (exact) mass is 313 g/mol. The fraction of sp³-hybridized carbons (Fsp3) is 0.571. The minimum atomic E-state index is -0.0130. The van der Waals surface area contributed by atoms with Crippen molar-refractivity contribution in [2.75, 3.05) is 19.8 Å². The first-order chi connectivity index (χ1) is 8.70. The Bertz CT molecular complexity index is 391. The summed E-state index contributed by atoms with van der Waals surface area (Å²) in [5.74, 6) is 0. The molecule has 0 radical (unpaired) electrons. The van der Waals surface area contributed by atoms with Gasteiger partial charge in [-0.15, -0.1) is 0 Å². The number of nitrogens with one attached hydrogen (secondary N) is 1. The number of benzene rings is 1. The van der Waals surface area contributed by atoms with Gasteiger partial charge < -0.3 is 15.2 Å². The second-order valence-corrected chi connectivity index (χ2v) is 5.64. The summed E-state index contributed by atoms with van der Waals surface area (Å²) in [4.78, 5) is 0. The maximum Gasteiger partial charge on any atom is 0.0700 e.